The minimum Gasteiger partial charge on any atom is -0.362 e. The van der Waals surface area contributed by atoms with Crippen LogP contribution in [0.4, 0.5) is 24.7 Å². The summed E-state index contributed by atoms with van der Waals surface area (Å²) < 4.78 is 40.5. The van der Waals surface area contributed by atoms with E-state index in [1.54, 1.807) is 37.4 Å². The second kappa shape index (κ2) is 9.34. The van der Waals surface area contributed by atoms with Crippen LogP contribution in [0.5, 0.6) is 0 Å². The maximum atomic E-state index is 13.0. The van der Waals surface area contributed by atoms with Crippen molar-refractivity contribution in [2.24, 2.45) is 7.05 Å². The van der Waals surface area contributed by atoms with E-state index in [-0.39, 0.29) is 29.5 Å². The highest BCUT2D eigenvalue weighted by atomic mass is 19.4. The number of fused-ring (bicyclic) bond motifs is 1. The van der Waals surface area contributed by atoms with Crippen molar-refractivity contribution < 1.29 is 13.2 Å². The molecule has 184 valence electrons. The van der Waals surface area contributed by atoms with Gasteiger partial charge in [-0.15, -0.1) is 4.98 Å². The lowest BCUT2D eigenvalue weighted by molar-refractivity contribution is -0.137. The summed E-state index contributed by atoms with van der Waals surface area (Å²) in [5.74, 6) is 0.271. The Morgan fingerprint density at radius 1 is 1.17 bits per heavy atom. The molecule has 1 aromatic carbocycles. The van der Waals surface area contributed by atoms with E-state index >= 15 is 0 Å². The summed E-state index contributed by atoms with van der Waals surface area (Å²) in [6.45, 7) is 14.8. The number of rotatable bonds is 4. The van der Waals surface area contributed by atoms with E-state index in [1.807, 2.05) is 6.92 Å². The van der Waals surface area contributed by atoms with E-state index in [0.717, 1.165) is 24.1 Å². The van der Waals surface area contributed by atoms with Crippen LogP contribution in [0.2, 0.25) is 0 Å². The molecule has 0 radical (unpaired) electrons. The molecule has 35 heavy (non-hydrogen) atoms. The van der Waals surface area contributed by atoms with Crippen molar-refractivity contribution in [3.8, 4) is 0 Å². The Morgan fingerprint density at radius 3 is 2.46 bits per heavy atom. The number of pyridine rings is 2. The number of halogens is 3. The van der Waals surface area contributed by atoms with Gasteiger partial charge in [0, 0.05) is 44.3 Å². The molecule has 0 aliphatic carbocycles. The van der Waals surface area contributed by atoms with E-state index in [2.05, 4.69) is 33.5 Å². The van der Waals surface area contributed by atoms with Gasteiger partial charge in [0.05, 0.1) is 16.8 Å². The number of hydrogen-bond donors (Lipinski definition) is 0. The van der Waals surface area contributed by atoms with Gasteiger partial charge in [0.25, 0.3) is 11.4 Å². The molecule has 6 nitrogen and oxygen atoms in total. The van der Waals surface area contributed by atoms with Gasteiger partial charge in [0.15, 0.2) is 0 Å². The summed E-state index contributed by atoms with van der Waals surface area (Å²) in [4.78, 5) is 25.2. The van der Waals surface area contributed by atoms with Gasteiger partial charge in [0.1, 0.15) is 0 Å². The van der Waals surface area contributed by atoms with Crippen molar-refractivity contribution in [1.82, 2.24) is 14.5 Å². The highest BCUT2D eigenvalue weighted by Crippen LogP contribution is 2.35. The molecular formula is C26H28F3N5O. The number of alkyl halides is 3. The topological polar surface area (TPSA) is 45.7 Å². The van der Waals surface area contributed by atoms with E-state index < -0.39 is 11.7 Å². The standard InChI is InChI=1S/C26H28F3N5O/c1-6-20-15-33(17(3)18-7-9-19(10-8-18)26(27,28)29)16(2)14-34(20)22-13-24(35)32(5)21-11-12-23(30-4)31-25(21)22/h7-13,16-17,20H,6,14-15H2,1-3,5H3/t16-,17?,20+/m1/s1. The summed E-state index contributed by atoms with van der Waals surface area (Å²) in [6.07, 6.45) is -3.55. The maximum Gasteiger partial charge on any atom is 0.416 e. The van der Waals surface area contributed by atoms with Crippen molar-refractivity contribution >= 4 is 22.5 Å². The van der Waals surface area contributed by atoms with Gasteiger partial charge in [-0.25, -0.2) is 0 Å². The highest BCUT2D eigenvalue weighted by molar-refractivity contribution is 5.89. The van der Waals surface area contributed by atoms with Crippen LogP contribution in [-0.4, -0.2) is 39.6 Å². The summed E-state index contributed by atoms with van der Waals surface area (Å²) >= 11 is 0. The first-order chi connectivity index (χ1) is 16.5. The number of hydrogen-bond acceptors (Lipinski definition) is 4. The van der Waals surface area contributed by atoms with Crippen LogP contribution < -0.4 is 10.5 Å². The largest absolute Gasteiger partial charge is 0.416 e. The molecule has 2 aromatic heterocycles. The molecule has 1 aliphatic rings. The third kappa shape index (κ3) is 4.63. The van der Waals surface area contributed by atoms with Gasteiger partial charge >= 0.3 is 6.18 Å². The van der Waals surface area contributed by atoms with Crippen LogP contribution in [0, 0.1) is 6.57 Å². The highest BCUT2D eigenvalue weighted by Gasteiger charge is 2.36. The lowest BCUT2D eigenvalue weighted by atomic mass is 9.97. The molecule has 0 saturated carbocycles. The van der Waals surface area contributed by atoms with Gasteiger partial charge in [-0.2, -0.15) is 13.2 Å². The van der Waals surface area contributed by atoms with Crippen molar-refractivity contribution in [3.05, 3.63) is 75.4 Å². The van der Waals surface area contributed by atoms with Crippen LogP contribution in [0.1, 0.15) is 44.4 Å². The van der Waals surface area contributed by atoms with Crippen molar-refractivity contribution in [2.45, 2.75) is 51.5 Å². The molecule has 1 saturated heterocycles. The van der Waals surface area contributed by atoms with Crippen molar-refractivity contribution in [1.29, 1.82) is 0 Å². The Labute approximate surface area is 202 Å². The van der Waals surface area contributed by atoms with Gasteiger partial charge in [-0.05, 0) is 50.1 Å². The monoisotopic (exact) mass is 483 g/mol. The molecule has 3 atom stereocenters. The lowest BCUT2D eigenvalue weighted by Crippen LogP contribution is -2.58. The average molecular weight is 484 g/mol. The van der Waals surface area contributed by atoms with Gasteiger partial charge in [-0.3, -0.25) is 9.69 Å². The lowest BCUT2D eigenvalue weighted by Gasteiger charge is -2.48. The SMILES string of the molecule is [C-]#[N+]c1ccc2c(n1)c(N1C[C@@H](C)N(C(C)c3ccc(C(F)(F)F)cc3)C[C@@H]1CC)cc(=O)n2C. The molecule has 1 unspecified atom stereocenters. The van der Waals surface area contributed by atoms with E-state index in [0.29, 0.717) is 29.8 Å². The third-order valence-electron chi connectivity index (χ3n) is 7.06. The molecule has 1 aliphatic heterocycles. The Bertz CT molecular complexity index is 1330. The fourth-order valence-electron chi connectivity index (χ4n) is 4.97. The van der Waals surface area contributed by atoms with E-state index in [4.69, 9.17) is 6.57 Å². The predicted molar refractivity (Wildman–Crippen MR) is 131 cm³/mol. The zero-order valence-electron chi connectivity index (χ0n) is 20.2. The molecule has 0 amide bonds. The number of aryl methyl sites for hydroxylation is 1. The molecule has 3 aromatic rings. The molecule has 1 fully saturated rings. The molecule has 0 spiro atoms. The average Bonchev–Trinajstić information content (AvgIpc) is 2.84. The van der Waals surface area contributed by atoms with Crippen LogP contribution >= 0.6 is 0 Å². The predicted octanol–water partition coefficient (Wildman–Crippen LogP) is 5.55. The molecular weight excluding hydrogens is 455 g/mol. The van der Waals surface area contributed by atoms with E-state index in [1.165, 1.54) is 4.57 Å². The summed E-state index contributed by atoms with van der Waals surface area (Å²) in [5.41, 5.74) is 2.04. The summed E-state index contributed by atoms with van der Waals surface area (Å²) in [7, 11) is 1.69. The molecule has 4 rings (SSSR count). The first-order valence-electron chi connectivity index (χ1n) is 11.6. The smallest absolute Gasteiger partial charge is 0.362 e. The zero-order chi connectivity index (χ0) is 25.5. The zero-order valence-corrected chi connectivity index (χ0v) is 20.2. The van der Waals surface area contributed by atoms with Gasteiger partial charge < -0.3 is 14.3 Å². The molecule has 3 heterocycles. The minimum atomic E-state index is -4.36. The van der Waals surface area contributed by atoms with Crippen molar-refractivity contribution in [2.75, 3.05) is 18.0 Å². The fourth-order valence-corrected chi connectivity index (χ4v) is 4.97. The first kappa shape index (κ1) is 24.7. The Morgan fingerprint density at radius 2 is 1.86 bits per heavy atom. The molecule has 9 heteroatoms. The molecule has 0 bridgehead atoms. The number of anilines is 1. The maximum absolute atomic E-state index is 13.0. The normalized spacial score (nSPS) is 20.1. The second-order valence-electron chi connectivity index (χ2n) is 9.13. The van der Waals surface area contributed by atoms with Gasteiger partial charge in [-0.1, -0.05) is 25.6 Å². The Hall–Kier alpha value is -3.38. The molecule has 0 N–H and O–H groups in total. The van der Waals surface area contributed by atoms with Crippen LogP contribution in [0.25, 0.3) is 15.9 Å². The van der Waals surface area contributed by atoms with Crippen LogP contribution in [0.15, 0.2) is 47.3 Å². The number of nitrogens with zero attached hydrogens (tertiary/aromatic N) is 5. The van der Waals surface area contributed by atoms with E-state index in [9.17, 15) is 18.0 Å². The van der Waals surface area contributed by atoms with Crippen LogP contribution in [0.3, 0.4) is 0 Å². The number of aromatic nitrogens is 2. The van der Waals surface area contributed by atoms with Crippen LogP contribution in [-0.2, 0) is 13.2 Å². The number of piperazine rings is 1. The fraction of sp³-hybridized carbons (Fsp3) is 0.423. The quantitative estimate of drug-likeness (QED) is 0.457. The summed E-state index contributed by atoms with van der Waals surface area (Å²) in [5, 5.41) is 0. The third-order valence-corrected chi connectivity index (χ3v) is 7.06. The van der Waals surface area contributed by atoms with Crippen molar-refractivity contribution in [3.63, 3.8) is 0 Å². The summed E-state index contributed by atoms with van der Waals surface area (Å²) in [6, 6.07) is 10.4. The second-order valence-corrected chi connectivity index (χ2v) is 9.13. The minimum absolute atomic E-state index is 0.0665. The number of benzene rings is 1. The Balaban J connectivity index is 1.67. The Kier molecular flexibility index (Phi) is 6.60. The first-order valence-corrected chi connectivity index (χ1v) is 11.6. The van der Waals surface area contributed by atoms with Gasteiger partial charge in [0.2, 0.25) is 5.52 Å².